The van der Waals surface area contributed by atoms with Crippen LogP contribution in [0.2, 0.25) is 0 Å². The van der Waals surface area contributed by atoms with Gasteiger partial charge >= 0.3 is 0 Å². The van der Waals surface area contributed by atoms with E-state index in [9.17, 15) is 4.79 Å². The minimum absolute atomic E-state index is 0.236. The summed E-state index contributed by atoms with van der Waals surface area (Å²) in [6, 6.07) is 0. The van der Waals surface area contributed by atoms with Crippen LogP contribution in [0.3, 0.4) is 0 Å². The molecule has 5 heteroatoms. The van der Waals surface area contributed by atoms with E-state index in [0.29, 0.717) is 18.7 Å². The molecule has 0 saturated carbocycles. The van der Waals surface area contributed by atoms with Gasteiger partial charge in [-0.15, -0.1) is 10.2 Å². The maximum absolute atomic E-state index is 10.4. The van der Waals surface area contributed by atoms with Crippen LogP contribution in [0, 0.1) is 0 Å². The van der Waals surface area contributed by atoms with E-state index in [2.05, 4.69) is 10.2 Å². The molecule has 2 rings (SSSR count). The van der Waals surface area contributed by atoms with E-state index in [1.807, 2.05) is 0 Å². The molecule has 0 N–H and O–H groups in total. The lowest BCUT2D eigenvalue weighted by Crippen LogP contribution is -2.31. The van der Waals surface area contributed by atoms with Gasteiger partial charge in [-0.2, -0.15) is 0 Å². The van der Waals surface area contributed by atoms with Crippen molar-refractivity contribution in [2.45, 2.75) is 19.1 Å². The first-order valence-electron chi connectivity index (χ1n) is 3.85. The Labute approximate surface area is 69.4 Å². The van der Waals surface area contributed by atoms with Gasteiger partial charge < -0.3 is 9.30 Å². The largest absolute Gasteiger partial charge is 0.376 e. The Kier molecular flexibility index (Phi) is 1.87. The van der Waals surface area contributed by atoms with Crippen LogP contribution in [-0.4, -0.2) is 33.8 Å². The minimum Gasteiger partial charge on any atom is -0.376 e. The van der Waals surface area contributed by atoms with Gasteiger partial charge in [0.25, 0.3) is 0 Å². The molecule has 64 valence electrons. The van der Waals surface area contributed by atoms with E-state index in [0.717, 1.165) is 13.0 Å². The Bertz CT molecular complexity index is 280. The Morgan fingerprint density at radius 1 is 1.83 bits per heavy atom. The molecule has 5 nitrogen and oxygen atoms in total. The van der Waals surface area contributed by atoms with Crippen LogP contribution in [0.4, 0.5) is 0 Å². The Balaban J connectivity index is 2.05. The van der Waals surface area contributed by atoms with Crippen molar-refractivity contribution in [2.24, 2.45) is 0 Å². The highest BCUT2D eigenvalue weighted by Crippen LogP contribution is 2.13. The third kappa shape index (κ3) is 1.23. The standard InChI is InChI=1S/C7H9N3O2/c11-4-7-9-8-5-10(7)3-6-1-2-12-6/h4-6H,1-3H2/t6-/m0/s1. The van der Waals surface area contributed by atoms with Crippen LogP contribution in [0.1, 0.15) is 17.0 Å². The number of carbonyl (C=O) groups excluding carboxylic acids is 1. The normalized spacial score (nSPS) is 21.8. The lowest BCUT2D eigenvalue weighted by Gasteiger charge is -2.26. The van der Waals surface area contributed by atoms with Crippen LogP contribution < -0.4 is 0 Å². The maximum atomic E-state index is 10.4. The molecule has 1 aliphatic heterocycles. The Morgan fingerprint density at radius 3 is 3.25 bits per heavy atom. The fourth-order valence-electron chi connectivity index (χ4n) is 1.14. The molecular formula is C7H9N3O2. The van der Waals surface area contributed by atoms with Crippen molar-refractivity contribution < 1.29 is 9.53 Å². The van der Waals surface area contributed by atoms with Gasteiger partial charge in [0.2, 0.25) is 0 Å². The molecule has 0 radical (unpaired) electrons. The quantitative estimate of drug-likeness (QED) is 0.589. The second-order valence-corrected chi connectivity index (χ2v) is 2.74. The molecule has 12 heavy (non-hydrogen) atoms. The first-order chi connectivity index (χ1) is 5.90. The monoisotopic (exact) mass is 167 g/mol. The molecule has 1 fully saturated rings. The van der Waals surface area contributed by atoms with Crippen molar-refractivity contribution in [3.63, 3.8) is 0 Å². The molecule has 1 aromatic rings. The van der Waals surface area contributed by atoms with Gasteiger partial charge in [-0.05, 0) is 6.42 Å². The number of nitrogens with zero attached hydrogens (tertiary/aromatic N) is 3. The summed E-state index contributed by atoms with van der Waals surface area (Å²) in [4.78, 5) is 10.4. The van der Waals surface area contributed by atoms with Crippen LogP contribution in [0.15, 0.2) is 6.33 Å². The fourth-order valence-corrected chi connectivity index (χ4v) is 1.14. The number of hydrogen-bond donors (Lipinski definition) is 0. The molecule has 0 aliphatic carbocycles. The number of hydrogen-bond acceptors (Lipinski definition) is 4. The van der Waals surface area contributed by atoms with Crippen molar-refractivity contribution in [1.29, 1.82) is 0 Å². The van der Waals surface area contributed by atoms with Gasteiger partial charge in [0.05, 0.1) is 12.6 Å². The van der Waals surface area contributed by atoms with E-state index in [-0.39, 0.29) is 6.10 Å². The van der Waals surface area contributed by atoms with Gasteiger partial charge in [0.1, 0.15) is 6.33 Å². The molecule has 1 aliphatic rings. The Hall–Kier alpha value is -1.23. The van der Waals surface area contributed by atoms with E-state index in [4.69, 9.17) is 4.74 Å². The summed E-state index contributed by atoms with van der Waals surface area (Å²) in [5, 5.41) is 7.27. The van der Waals surface area contributed by atoms with E-state index < -0.39 is 0 Å². The number of rotatable bonds is 3. The van der Waals surface area contributed by atoms with Gasteiger partial charge in [0.15, 0.2) is 12.1 Å². The average Bonchev–Trinajstić information content (AvgIpc) is 2.43. The summed E-state index contributed by atoms with van der Waals surface area (Å²) < 4.78 is 6.92. The molecule has 0 bridgehead atoms. The van der Waals surface area contributed by atoms with Crippen LogP contribution in [-0.2, 0) is 11.3 Å². The molecule has 0 spiro atoms. The van der Waals surface area contributed by atoms with Crippen molar-refractivity contribution in [2.75, 3.05) is 6.61 Å². The highest BCUT2D eigenvalue weighted by molar-refractivity contribution is 5.68. The predicted molar refractivity (Wildman–Crippen MR) is 39.8 cm³/mol. The SMILES string of the molecule is O=Cc1nncn1C[C@@H]1CCO1. The van der Waals surface area contributed by atoms with Crippen molar-refractivity contribution in [1.82, 2.24) is 14.8 Å². The zero-order chi connectivity index (χ0) is 8.39. The summed E-state index contributed by atoms with van der Waals surface area (Å²) in [5.74, 6) is 0.366. The smallest absolute Gasteiger partial charge is 0.196 e. The van der Waals surface area contributed by atoms with E-state index in [1.54, 1.807) is 10.9 Å². The van der Waals surface area contributed by atoms with E-state index >= 15 is 0 Å². The van der Waals surface area contributed by atoms with Gasteiger partial charge in [-0.1, -0.05) is 0 Å². The first kappa shape index (κ1) is 7.42. The highest BCUT2D eigenvalue weighted by Gasteiger charge is 2.19. The first-order valence-corrected chi connectivity index (χ1v) is 3.85. The summed E-state index contributed by atoms with van der Waals surface area (Å²) in [7, 11) is 0. The zero-order valence-corrected chi connectivity index (χ0v) is 6.51. The topological polar surface area (TPSA) is 57.0 Å². The summed E-state index contributed by atoms with van der Waals surface area (Å²) in [6.07, 6.45) is 3.53. The summed E-state index contributed by atoms with van der Waals surface area (Å²) >= 11 is 0. The molecule has 0 amide bonds. The maximum Gasteiger partial charge on any atom is 0.196 e. The minimum atomic E-state index is 0.236. The fraction of sp³-hybridized carbons (Fsp3) is 0.571. The Morgan fingerprint density at radius 2 is 2.67 bits per heavy atom. The summed E-state index contributed by atoms with van der Waals surface area (Å²) in [6.45, 7) is 1.50. The third-order valence-electron chi connectivity index (χ3n) is 1.94. The van der Waals surface area contributed by atoms with Gasteiger partial charge in [-0.3, -0.25) is 4.79 Å². The van der Waals surface area contributed by atoms with Crippen LogP contribution >= 0.6 is 0 Å². The molecule has 1 atom stereocenters. The third-order valence-corrected chi connectivity index (χ3v) is 1.94. The second kappa shape index (κ2) is 3.02. The second-order valence-electron chi connectivity index (χ2n) is 2.74. The van der Waals surface area contributed by atoms with Crippen LogP contribution in [0.25, 0.3) is 0 Å². The molecule has 0 aromatic carbocycles. The molecule has 2 heterocycles. The number of ether oxygens (including phenoxy) is 1. The number of carbonyl (C=O) groups is 1. The molecule has 1 aromatic heterocycles. The van der Waals surface area contributed by atoms with Gasteiger partial charge in [-0.25, -0.2) is 0 Å². The zero-order valence-electron chi connectivity index (χ0n) is 6.51. The number of aromatic nitrogens is 3. The van der Waals surface area contributed by atoms with Crippen molar-refractivity contribution >= 4 is 6.29 Å². The average molecular weight is 167 g/mol. The lowest BCUT2D eigenvalue weighted by molar-refractivity contribution is -0.0594. The summed E-state index contributed by atoms with van der Waals surface area (Å²) in [5.41, 5.74) is 0. The van der Waals surface area contributed by atoms with Crippen molar-refractivity contribution in [3.8, 4) is 0 Å². The van der Waals surface area contributed by atoms with Crippen molar-refractivity contribution in [3.05, 3.63) is 12.2 Å². The highest BCUT2D eigenvalue weighted by atomic mass is 16.5. The lowest BCUT2D eigenvalue weighted by atomic mass is 10.2. The molecule has 0 unspecified atom stereocenters. The van der Waals surface area contributed by atoms with E-state index in [1.165, 1.54) is 0 Å². The number of aldehydes is 1. The molecule has 1 saturated heterocycles. The molecular weight excluding hydrogens is 158 g/mol. The van der Waals surface area contributed by atoms with Crippen LogP contribution in [0.5, 0.6) is 0 Å². The van der Waals surface area contributed by atoms with Gasteiger partial charge in [0, 0.05) is 6.61 Å². The predicted octanol–water partition coefficient (Wildman–Crippen LogP) is -0.120.